The number of carbonyl (C=O) groups is 4. The van der Waals surface area contributed by atoms with Crippen LogP contribution in [-0.2, 0) is 45.8 Å². The Morgan fingerprint density at radius 1 is 1.00 bits per heavy atom. The Bertz CT molecular complexity index is 1470. The minimum Gasteiger partial charge on any atom is -0.480 e. The van der Waals surface area contributed by atoms with Gasteiger partial charge in [-0.15, -0.1) is 0 Å². The molecule has 1 aromatic carbocycles. The minimum atomic E-state index is -3.71. The van der Waals surface area contributed by atoms with Crippen LogP contribution in [0.3, 0.4) is 0 Å². The van der Waals surface area contributed by atoms with Gasteiger partial charge in [0.05, 0.1) is 19.4 Å². The summed E-state index contributed by atoms with van der Waals surface area (Å²) in [5.74, 6) is -2.38. The van der Waals surface area contributed by atoms with E-state index in [4.69, 9.17) is 18.5 Å². The van der Waals surface area contributed by atoms with Crippen LogP contribution in [0.15, 0.2) is 47.4 Å². The number of anilines is 1. The highest BCUT2D eigenvalue weighted by molar-refractivity contribution is 7.53. The van der Waals surface area contributed by atoms with Crippen molar-refractivity contribution in [3.05, 3.63) is 58.6 Å². The summed E-state index contributed by atoms with van der Waals surface area (Å²) < 4.78 is 35.0. The lowest BCUT2D eigenvalue weighted by molar-refractivity contribution is -0.158. The summed E-state index contributed by atoms with van der Waals surface area (Å²) in [5.41, 5.74) is -2.94. The predicted molar refractivity (Wildman–Crippen MR) is 171 cm³/mol. The standard InChI is InChI=1S/C30H44N5O11P/c1-7-44-47(42,45-8-2)19-15-30(6,25(37)38)35(18-16-31-27(40)46-29(3,4)5)24(36)20-34-17-14-23(32-26(34)39)33-28(41)43-21-22-12-10-9-11-13-22/h9-14,17H,7-8,15-16,18-21H2,1-6H3,(H,31,40)(H,37,38)(H,32,33,39,41)/t30-/m1/s1. The molecule has 0 radical (unpaired) electrons. The summed E-state index contributed by atoms with van der Waals surface area (Å²) in [7, 11) is -3.71. The maximum absolute atomic E-state index is 13.7. The molecule has 0 saturated carbocycles. The van der Waals surface area contributed by atoms with Gasteiger partial charge in [0.1, 0.15) is 30.1 Å². The number of carbonyl (C=O) groups excluding carboxylic acids is 3. The Labute approximate surface area is 273 Å². The number of benzene rings is 1. The van der Waals surface area contributed by atoms with Crippen molar-refractivity contribution in [2.75, 3.05) is 37.8 Å². The van der Waals surface area contributed by atoms with Crippen molar-refractivity contribution < 1.29 is 47.4 Å². The van der Waals surface area contributed by atoms with E-state index in [0.717, 1.165) is 15.0 Å². The van der Waals surface area contributed by atoms with Crippen LogP contribution in [0.4, 0.5) is 15.4 Å². The number of amides is 3. The van der Waals surface area contributed by atoms with Gasteiger partial charge in [-0.1, -0.05) is 30.3 Å². The van der Waals surface area contributed by atoms with Gasteiger partial charge in [-0.05, 0) is 59.6 Å². The minimum absolute atomic E-state index is 0.0101. The molecule has 0 spiro atoms. The molecule has 1 atom stereocenters. The predicted octanol–water partition coefficient (Wildman–Crippen LogP) is 3.84. The molecule has 3 amide bonds. The van der Waals surface area contributed by atoms with Crippen LogP contribution in [0.2, 0.25) is 0 Å². The van der Waals surface area contributed by atoms with Gasteiger partial charge in [-0.25, -0.2) is 19.2 Å². The molecule has 0 saturated heterocycles. The Hall–Kier alpha value is -4.27. The van der Waals surface area contributed by atoms with E-state index in [1.165, 1.54) is 19.2 Å². The zero-order valence-electron chi connectivity index (χ0n) is 27.5. The molecule has 1 aromatic heterocycles. The molecule has 0 aliphatic carbocycles. The third kappa shape index (κ3) is 12.8. The van der Waals surface area contributed by atoms with Crippen LogP contribution in [0.25, 0.3) is 0 Å². The molecule has 260 valence electrons. The Kier molecular flexibility index (Phi) is 14.6. The first-order valence-corrected chi connectivity index (χ1v) is 16.7. The number of ether oxygens (including phenoxy) is 2. The number of carboxylic acid groups (broad SMARTS) is 1. The second-order valence-electron chi connectivity index (χ2n) is 11.4. The van der Waals surface area contributed by atoms with E-state index in [1.807, 2.05) is 6.07 Å². The number of aliphatic carboxylic acids is 1. The average molecular weight is 682 g/mol. The van der Waals surface area contributed by atoms with Crippen LogP contribution in [0, 0.1) is 0 Å². The third-order valence-electron chi connectivity index (χ3n) is 6.51. The van der Waals surface area contributed by atoms with Gasteiger partial charge in [0, 0.05) is 19.3 Å². The van der Waals surface area contributed by atoms with E-state index < -0.39 is 55.0 Å². The second kappa shape index (κ2) is 17.6. The molecule has 0 aliphatic heterocycles. The van der Waals surface area contributed by atoms with Crippen molar-refractivity contribution in [2.24, 2.45) is 0 Å². The molecule has 1 heterocycles. The van der Waals surface area contributed by atoms with Gasteiger partial charge >= 0.3 is 31.4 Å². The average Bonchev–Trinajstić information content (AvgIpc) is 2.98. The highest BCUT2D eigenvalue weighted by atomic mass is 31.2. The number of hydrogen-bond donors (Lipinski definition) is 3. The number of rotatable bonds is 17. The van der Waals surface area contributed by atoms with Crippen LogP contribution in [-0.4, -0.2) is 87.2 Å². The molecule has 2 aromatic rings. The van der Waals surface area contributed by atoms with Crippen molar-refractivity contribution in [3.8, 4) is 0 Å². The maximum Gasteiger partial charge on any atom is 0.413 e. The lowest BCUT2D eigenvalue weighted by atomic mass is 9.96. The number of carboxylic acids is 1. The fourth-order valence-corrected chi connectivity index (χ4v) is 6.04. The zero-order valence-corrected chi connectivity index (χ0v) is 28.4. The van der Waals surface area contributed by atoms with Crippen molar-refractivity contribution >= 4 is 37.5 Å². The van der Waals surface area contributed by atoms with Gasteiger partial charge in [-0.3, -0.25) is 19.2 Å². The van der Waals surface area contributed by atoms with Crippen LogP contribution >= 0.6 is 7.60 Å². The highest BCUT2D eigenvalue weighted by Gasteiger charge is 2.44. The first-order chi connectivity index (χ1) is 22.0. The Balaban J connectivity index is 2.26. The molecular weight excluding hydrogens is 637 g/mol. The molecular formula is C30H44N5O11P. The normalized spacial score (nSPS) is 12.8. The van der Waals surface area contributed by atoms with Gasteiger partial charge in [0.25, 0.3) is 0 Å². The molecule has 0 unspecified atom stereocenters. The molecule has 17 heteroatoms. The Morgan fingerprint density at radius 2 is 1.64 bits per heavy atom. The van der Waals surface area contributed by atoms with Crippen molar-refractivity contribution in [3.63, 3.8) is 0 Å². The number of nitrogens with one attached hydrogen (secondary N) is 2. The summed E-state index contributed by atoms with van der Waals surface area (Å²) in [6, 6.07) is 10.2. The number of nitrogens with zero attached hydrogens (tertiary/aromatic N) is 3. The topological polar surface area (TPSA) is 205 Å². The number of alkyl carbamates (subject to hydrolysis) is 1. The van der Waals surface area contributed by atoms with E-state index in [2.05, 4.69) is 15.6 Å². The van der Waals surface area contributed by atoms with Crippen LogP contribution in [0.1, 0.15) is 53.5 Å². The maximum atomic E-state index is 13.7. The molecule has 2 rings (SSSR count). The van der Waals surface area contributed by atoms with E-state index in [-0.39, 0.29) is 51.3 Å². The van der Waals surface area contributed by atoms with Crippen molar-refractivity contribution in [1.82, 2.24) is 19.8 Å². The van der Waals surface area contributed by atoms with Crippen LogP contribution in [0.5, 0.6) is 0 Å². The fraction of sp³-hybridized carbons (Fsp3) is 0.533. The molecule has 3 N–H and O–H groups in total. The third-order valence-corrected chi connectivity index (χ3v) is 8.58. The fourth-order valence-electron chi connectivity index (χ4n) is 4.22. The largest absolute Gasteiger partial charge is 0.480 e. The highest BCUT2D eigenvalue weighted by Crippen LogP contribution is 2.49. The zero-order chi connectivity index (χ0) is 35.3. The van der Waals surface area contributed by atoms with E-state index >= 15 is 0 Å². The Morgan fingerprint density at radius 3 is 2.19 bits per heavy atom. The molecule has 0 aliphatic rings. The molecule has 47 heavy (non-hydrogen) atoms. The summed E-state index contributed by atoms with van der Waals surface area (Å²) in [6.07, 6.45) is -1.12. The smallest absolute Gasteiger partial charge is 0.413 e. The molecule has 16 nitrogen and oxygen atoms in total. The quantitative estimate of drug-likeness (QED) is 0.204. The summed E-state index contributed by atoms with van der Waals surface area (Å²) >= 11 is 0. The lowest BCUT2D eigenvalue weighted by Crippen LogP contribution is -2.58. The molecule has 0 bridgehead atoms. The van der Waals surface area contributed by atoms with Gasteiger partial charge < -0.3 is 33.8 Å². The number of hydrogen-bond acceptors (Lipinski definition) is 11. The van der Waals surface area contributed by atoms with Crippen LogP contribution < -0.4 is 16.3 Å². The van der Waals surface area contributed by atoms with Gasteiger partial charge in [0.2, 0.25) is 5.91 Å². The van der Waals surface area contributed by atoms with Gasteiger partial charge in [-0.2, -0.15) is 4.98 Å². The summed E-state index contributed by atoms with van der Waals surface area (Å²) in [5, 5.41) is 15.1. The first-order valence-electron chi connectivity index (χ1n) is 15.0. The lowest BCUT2D eigenvalue weighted by Gasteiger charge is -2.39. The summed E-state index contributed by atoms with van der Waals surface area (Å²) in [4.78, 5) is 68.3. The first kappa shape index (κ1) is 38.9. The van der Waals surface area contributed by atoms with Gasteiger partial charge in [0.15, 0.2) is 0 Å². The SMILES string of the molecule is CCOP(=O)(CC[C@](C)(C(=O)O)N(CCNC(=O)OC(C)(C)C)C(=O)Cn1ccc(NC(=O)OCc2ccccc2)nc1=O)OCC. The monoisotopic (exact) mass is 681 g/mol. The second-order valence-corrected chi connectivity index (χ2v) is 13.6. The summed E-state index contributed by atoms with van der Waals surface area (Å²) in [6.45, 7) is 8.40. The number of aromatic nitrogens is 2. The molecule has 0 fully saturated rings. The van der Waals surface area contributed by atoms with E-state index in [1.54, 1.807) is 58.9 Å². The van der Waals surface area contributed by atoms with E-state index in [0.29, 0.717) is 0 Å². The van der Waals surface area contributed by atoms with Crippen molar-refractivity contribution in [2.45, 2.75) is 72.3 Å². The van der Waals surface area contributed by atoms with E-state index in [9.17, 15) is 33.6 Å². The van der Waals surface area contributed by atoms with Crippen molar-refractivity contribution in [1.29, 1.82) is 0 Å².